The number of H-pyrrole nitrogens is 2. The molecule has 2 N–H and O–H groups in total. The molecule has 3 rings (SSSR count). The van der Waals surface area contributed by atoms with Crippen LogP contribution in [0.1, 0.15) is 12.0 Å². The molecule has 1 aliphatic heterocycles. The second-order valence-corrected chi connectivity index (χ2v) is 5.36. The van der Waals surface area contributed by atoms with E-state index in [1.54, 1.807) is 11.0 Å². The monoisotopic (exact) mass is 315 g/mol. The predicted molar refractivity (Wildman–Crippen MR) is 83.0 cm³/mol. The fourth-order valence-corrected chi connectivity index (χ4v) is 2.46. The lowest BCUT2D eigenvalue weighted by atomic mass is 10.2. The van der Waals surface area contributed by atoms with Crippen molar-refractivity contribution in [1.29, 1.82) is 0 Å². The minimum atomic E-state index is -0.390. The summed E-state index contributed by atoms with van der Waals surface area (Å²) in [6, 6.07) is 3.61. The summed E-state index contributed by atoms with van der Waals surface area (Å²) in [5.41, 5.74) is 1.00. The number of aromatic amines is 2. The Morgan fingerprint density at radius 3 is 3.04 bits per heavy atom. The molecule has 3 heterocycles. The Bertz CT molecular complexity index is 794. The highest BCUT2D eigenvalue weighted by molar-refractivity contribution is 5.87. The first kappa shape index (κ1) is 15.0. The van der Waals surface area contributed by atoms with Gasteiger partial charge in [-0.05, 0) is 19.1 Å². The second kappa shape index (κ2) is 6.07. The molecule has 120 valence electrons. The smallest absolute Gasteiger partial charge is 0.340 e. The Morgan fingerprint density at radius 1 is 1.52 bits per heavy atom. The predicted octanol–water partition coefficient (Wildman–Crippen LogP) is 0.634. The molecule has 0 spiro atoms. The number of aryl methyl sites for hydroxylation is 1. The molecule has 1 atom stereocenters. The molecule has 1 fully saturated rings. The van der Waals surface area contributed by atoms with Gasteiger partial charge < -0.3 is 9.64 Å². The van der Waals surface area contributed by atoms with Gasteiger partial charge in [-0.3, -0.25) is 9.78 Å². The molecule has 8 heteroatoms. The van der Waals surface area contributed by atoms with Gasteiger partial charge in [0.1, 0.15) is 11.8 Å². The topological polar surface area (TPSA) is 104 Å². The third kappa shape index (κ3) is 3.15. The number of hydrogen-bond donors (Lipinski definition) is 2. The van der Waals surface area contributed by atoms with Gasteiger partial charge in [-0.2, -0.15) is 5.10 Å². The van der Waals surface area contributed by atoms with Crippen LogP contribution in [0.2, 0.25) is 0 Å². The van der Waals surface area contributed by atoms with Crippen molar-refractivity contribution in [2.24, 2.45) is 0 Å². The molecule has 0 bridgehead atoms. The van der Waals surface area contributed by atoms with Gasteiger partial charge in [0.2, 0.25) is 11.8 Å². The van der Waals surface area contributed by atoms with Crippen molar-refractivity contribution in [2.75, 3.05) is 13.1 Å². The molecule has 0 aliphatic carbocycles. The number of likely N-dealkylation sites (tertiary alicyclic amines) is 1. The van der Waals surface area contributed by atoms with Crippen molar-refractivity contribution in [3.63, 3.8) is 0 Å². The maximum absolute atomic E-state index is 11.6. The maximum Gasteiger partial charge on any atom is 0.340 e. The molecule has 0 saturated carbocycles. The first-order valence-electron chi connectivity index (χ1n) is 7.27. The molecule has 1 unspecified atom stereocenters. The van der Waals surface area contributed by atoms with E-state index >= 15 is 0 Å². The summed E-state index contributed by atoms with van der Waals surface area (Å²) in [6.07, 6.45) is 1.93. The van der Waals surface area contributed by atoms with Crippen LogP contribution in [0.3, 0.4) is 0 Å². The zero-order chi connectivity index (χ0) is 16.4. The average molecular weight is 315 g/mol. The summed E-state index contributed by atoms with van der Waals surface area (Å²) in [4.78, 5) is 31.4. The molecule has 1 saturated heterocycles. The quantitative estimate of drug-likeness (QED) is 0.806. The number of carbonyl (C=O) groups is 1. The summed E-state index contributed by atoms with van der Waals surface area (Å²) < 4.78 is 5.93. The van der Waals surface area contributed by atoms with Crippen LogP contribution in [0.15, 0.2) is 29.6 Å². The number of nitrogens with zero attached hydrogens (tertiary/aromatic N) is 3. The summed E-state index contributed by atoms with van der Waals surface area (Å²) in [5.74, 6) is 0.739. The lowest BCUT2D eigenvalue weighted by Crippen LogP contribution is -2.29. The number of ether oxygens (including phenoxy) is 1. The van der Waals surface area contributed by atoms with Gasteiger partial charge in [0.25, 0.3) is 0 Å². The molecule has 0 aromatic carbocycles. The molecule has 2 aromatic heterocycles. The Hall–Kier alpha value is -2.90. The zero-order valence-electron chi connectivity index (χ0n) is 12.7. The number of aromatic nitrogens is 4. The number of pyridine rings is 1. The Kier molecular flexibility index (Phi) is 3.96. The summed E-state index contributed by atoms with van der Waals surface area (Å²) in [5, 5.41) is 6.16. The highest BCUT2D eigenvalue weighted by Gasteiger charge is 2.27. The molecule has 1 amide bonds. The van der Waals surface area contributed by atoms with Crippen molar-refractivity contribution >= 4 is 5.91 Å². The van der Waals surface area contributed by atoms with Gasteiger partial charge in [0.15, 0.2) is 5.82 Å². The third-order valence-corrected chi connectivity index (χ3v) is 3.70. The van der Waals surface area contributed by atoms with E-state index in [0.29, 0.717) is 30.5 Å². The number of rotatable bonds is 4. The highest BCUT2D eigenvalue weighted by Crippen LogP contribution is 2.23. The molecular weight excluding hydrogens is 298 g/mol. The summed E-state index contributed by atoms with van der Waals surface area (Å²) >= 11 is 0. The fourth-order valence-electron chi connectivity index (χ4n) is 2.46. The van der Waals surface area contributed by atoms with Gasteiger partial charge in [-0.15, -0.1) is 0 Å². The largest absolute Gasteiger partial charge is 0.472 e. The van der Waals surface area contributed by atoms with Gasteiger partial charge in [-0.25, -0.2) is 14.9 Å². The van der Waals surface area contributed by atoms with E-state index in [9.17, 15) is 9.59 Å². The Labute approximate surface area is 132 Å². The van der Waals surface area contributed by atoms with Crippen LogP contribution in [0, 0.1) is 6.92 Å². The lowest BCUT2D eigenvalue weighted by Gasteiger charge is -2.16. The van der Waals surface area contributed by atoms with E-state index in [-0.39, 0.29) is 17.7 Å². The number of hydrogen-bond acceptors (Lipinski definition) is 5. The minimum absolute atomic E-state index is 0.0939. The number of amides is 1. The highest BCUT2D eigenvalue weighted by atomic mass is 16.5. The van der Waals surface area contributed by atoms with Crippen molar-refractivity contribution < 1.29 is 9.53 Å². The molecule has 23 heavy (non-hydrogen) atoms. The van der Waals surface area contributed by atoms with Crippen LogP contribution < -0.4 is 10.4 Å². The SMILES string of the molecule is C=CC(=O)N1CCC(Oc2nc(-c3n[nH]c(=O)[nH]3)ccc2C)C1. The van der Waals surface area contributed by atoms with Gasteiger partial charge in [0.05, 0.1) is 6.54 Å². The van der Waals surface area contributed by atoms with Crippen molar-refractivity contribution in [3.05, 3.63) is 40.8 Å². The molecule has 8 nitrogen and oxygen atoms in total. The second-order valence-electron chi connectivity index (χ2n) is 5.36. The van der Waals surface area contributed by atoms with Crippen LogP contribution in [0.25, 0.3) is 11.5 Å². The first-order chi connectivity index (χ1) is 11.1. The van der Waals surface area contributed by atoms with Crippen molar-refractivity contribution in [3.8, 4) is 17.4 Å². The van der Waals surface area contributed by atoms with Crippen LogP contribution in [-0.2, 0) is 4.79 Å². The van der Waals surface area contributed by atoms with E-state index in [4.69, 9.17) is 4.74 Å². The average Bonchev–Trinajstić information content (AvgIpc) is 3.18. The van der Waals surface area contributed by atoms with Crippen LogP contribution in [0.4, 0.5) is 0 Å². The molecule has 2 aromatic rings. The van der Waals surface area contributed by atoms with E-state index < -0.39 is 0 Å². The summed E-state index contributed by atoms with van der Waals surface area (Å²) in [6.45, 7) is 6.53. The number of carbonyl (C=O) groups excluding carboxylic acids is 1. The Morgan fingerprint density at radius 2 is 2.35 bits per heavy atom. The van der Waals surface area contributed by atoms with E-state index in [1.165, 1.54) is 6.08 Å². The Balaban J connectivity index is 1.77. The first-order valence-corrected chi connectivity index (χ1v) is 7.27. The van der Waals surface area contributed by atoms with Gasteiger partial charge >= 0.3 is 5.69 Å². The van der Waals surface area contributed by atoms with Crippen LogP contribution in [0.5, 0.6) is 5.88 Å². The lowest BCUT2D eigenvalue weighted by molar-refractivity contribution is -0.125. The van der Waals surface area contributed by atoms with E-state index in [2.05, 4.69) is 26.7 Å². The molecule has 1 aliphatic rings. The summed E-state index contributed by atoms with van der Waals surface area (Å²) in [7, 11) is 0. The van der Waals surface area contributed by atoms with Gasteiger partial charge in [-0.1, -0.05) is 12.6 Å². The normalized spacial score (nSPS) is 17.3. The van der Waals surface area contributed by atoms with Crippen molar-refractivity contribution in [2.45, 2.75) is 19.4 Å². The molecule has 0 radical (unpaired) electrons. The maximum atomic E-state index is 11.6. The minimum Gasteiger partial charge on any atom is -0.472 e. The van der Waals surface area contributed by atoms with E-state index in [0.717, 1.165) is 12.0 Å². The fraction of sp³-hybridized carbons (Fsp3) is 0.333. The van der Waals surface area contributed by atoms with Crippen molar-refractivity contribution in [1.82, 2.24) is 25.1 Å². The van der Waals surface area contributed by atoms with Crippen LogP contribution in [-0.4, -0.2) is 50.2 Å². The zero-order valence-corrected chi connectivity index (χ0v) is 12.7. The van der Waals surface area contributed by atoms with E-state index in [1.807, 2.05) is 13.0 Å². The third-order valence-electron chi connectivity index (χ3n) is 3.70. The van der Waals surface area contributed by atoms with Gasteiger partial charge in [0, 0.05) is 18.5 Å². The molecular formula is C15H17N5O3. The van der Waals surface area contributed by atoms with Crippen LogP contribution >= 0.6 is 0 Å². The number of nitrogens with one attached hydrogen (secondary N) is 2. The standard InChI is InChI=1S/C15H17N5O3/c1-3-12(21)20-7-6-10(8-20)23-14-9(2)4-5-11(16-14)13-17-15(22)19-18-13/h3-5,10H,1,6-8H2,2H3,(H2,17,18,19,22).